The van der Waals surface area contributed by atoms with Gasteiger partial charge in [-0.3, -0.25) is 0 Å². The van der Waals surface area contributed by atoms with Gasteiger partial charge in [0.1, 0.15) is 0 Å². The van der Waals surface area contributed by atoms with Gasteiger partial charge >= 0.3 is 6.36 Å². The van der Waals surface area contributed by atoms with Gasteiger partial charge in [0, 0.05) is 5.56 Å². The molecule has 0 aliphatic heterocycles. The number of hydrogen-bond acceptors (Lipinski definition) is 4. The Bertz CT molecular complexity index is 940. The highest BCUT2D eigenvalue weighted by atomic mass is 32.3. The predicted octanol–water partition coefficient (Wildman–Crippen LogP) is 5.18. The largest absolute Gasteiger partial charge is 0.725 e. The van der Waals surface area contributed by atoms with Crippen LogP contribution in [0.25, 0.3) is 0 Å². The second kappa shape index (κ2) is 9.92. The summed E-state index contributed by atoms with van der Waals surface area (Å²) in [5, 5.41) is 0. The molecule has 0 N–H and O–H groups in total. The zero-order valence-corrected chi connectivity index (χ0v) is 18.2. The lowest BCUT2D eigenvalue weighted by molar-refractivity contribution is -0.275. The molecule has 0 radical (unpaired) electrons. The lowest BCUT2D eigenvalue weighted by Gasteiger charge is -2.13. The van der Waals surface area contributed by atoms with Gasteiger partial charge in [-0.2, -0.15) is 8.57 Å². The zero-order valence-electron chi connectivity index (χ0n) is 16.6. The van der Waals surface area contributed by atoms with Crippen molar-refractivity contribution < 1.29 is 34.7 Å². The Hall–Kier alpha value is -1.62. The van der Waals surface area contributed by atoms with Crippen molar-refractivity contribution in [3.8, 4) is 0 Å². The highest BCUT2D eigenvalue weighted by Gasteiger charge is 2.32. The molecule has 2 rings (SSSR count). The number of aryl methyl sites for hydroxylation is 2. The van der Waals surface area contributed by atoms with Crippen molar-refractivity contribution in [3.05, 3.63) is 58.1 Å². The number of halogens is 4. The van der Waals surface area contributed by atoms with Crippen molar-refractivity contribution in [2.45, 2.75) is 50.8 Å². The van der Waals surface area contributed by atoms with E-state index in [0.29, 0.717) is 0 Å². The SMILES string of the molecule is Cc1ccc([S+](CF)c2cc(C)c(C)c(C)c2C)cc1.O=S(=O)([O-])OC(F)(F)F. The van der Waals surface area contributed by atoms with Crippen molar-refractivity contribution in [3.63, 3.8) is 0 Å². The summed E-state index contributed by atoms with van der Waals surface area (Å²) in [5.74, 6) is 0. The Labute approximate surface area is 171 Å². The highest BCUT2D eigenvalue weighted by Crippen LogP contribution is 2.31. The smallest absolute Gasteiger partial charge is 0.536 e. The molecule has 0 fully saturated rings. The third kappa shape index (κ3) is 7.96. The molecule has 1 atom stereocenters. The zero-order chi connectivity index (χ0) is 22.6. The molecule has 1 unspecified atom stereocenters. The van der Waals surface area contributed by atoms with Gasteiger partial charge in [0.25, 0.3) is 6.01 Å². The molecule has 0 bridgehead atoms. The van der Waals surface area contributed by atoms with Crippen LogP contribution in [0.15, 0.2) is 40.1 Å². The molecule has 2 aromatic carbocycles. The quantitative estimate of drug-likeness (QED) is 0.277. The first kappa shape index (κ1) is 25.4. The summed E-state index contributed by atoms with van der Waals surface area (Å²) in [6.07, 6.45) is -5.42. The van der Waals surface area contributed by atoms with E-state index in [1.165, 1.54) is 27.8 Å². The minimum Gasteiger partial charge on any atom is -0.725 e. The number of alkyl halides is 4. The van der Waals surface area contributed by atoms with E-state index in [-0.39, 0.29) is 6.01 Å². The van der Waals surface area contributed by atoms with Gasteiger partial charge in [-0.05, 0) is 69.5 Å². The van der Waals surface area contributed by atoms with Crippen molar-refractivity contribution in [2.75, 3.05) is 6.01 Å². The summed E-state index contributed by atoms with van der Waals surface area (Å²) >= 11 is 0. The molecule has 4 nitrogen and oxygen atoms in total. The van der Waals surface area contributed by atoms with Crippen LogP contribution in [0.4, 0.5) is 17.6 Å². The minimum absolute atomic E-state index is 0.328. The molecule has 0 spiro atoms. The van der Waals surface area contributed by atoms with E-state index >= 15 is 0 Å². The van der Waals surface area contributed by atoms with Gasteiger partial charge in [-0.15, -0.1) is 13.2 Å². The molecule has 0 heterocycles. The summed E-state index contributed by atoms with van der Waals surface area (Å²) in [6.45, 7) is 10.6. The molecule has 29 heavy (non-hydrogen) atoms. The average molecular weight is 455 g/mol. The van der Waals surface area contributed by atoms with Crippen LogP contribution < -0.4 is 0 Å². The Kier molecular flexibility index (Phi) is 8.70. The Morgan fingerprint density at radius 2 is 1.48 bits per heavy atom. The highest BCUT2D eigenvalue weighted by molar-refractivity contribution is 7.96. The van der Waals surface area contributed by atoms with E-state index in [1.807, 2.05) is 4.18 Å². The van der Waals surface area contributed by atoms with Crippen LogP contribution in [0.5, 0.6) is 0 Å². The maximum Gasteiger partial charge on any atom is 0.536 e. The summed E-state index contributed by atoms with van der Waals surface area (Å²) in [4.78, 5) is 2.24. The lowest BCUT2D eigenvalue weighted by Crippen LogP contribution is -2.18. The molecule has 0 aliphatic rings. The van der Waals surface area contributed by atoms with E-state index in [1.54, 1.807) is 0 Å². The third-order valence-corrected chi connectivity index (χ3v) is 6.72. The van der Waals surface area contributed by atoms with Crippen molar-refractivity contribution >= 4 is 21.3 Å². The first-order chi connectivity index (χ1) is 13.2. The van der Waals surface area contributed by atoms with Crippen LogP contribution in [0, 0.1) is 34.6 Å². The van der Waals surface area contributed by atoms with E-state index in [4.69, 9.17) is 13.0 Å². The summed E-state index contributed by atoms with van der Waals surface area (Å²) in [5.41, 5.74) is 6.30. The van der Waals surface area contributed by atoms with Crippen LogP contribution in [-0.2, 0) is 25.5 Å². The Balaban J connectivity index is 0.000000396. The van der Waals surface area contributed by atoms with E-state index in [0.717, 1.165) is 9.79 Å². The maximum atomic E-state index is 13.7. The van der Waals surface area contributed by atoms with Gasteiger partial charge in [0.05, 0.1) is 10.9 Å². The number of hydrogen-bond donors (Lipinski definition) is 0. The minimum atomic E-state index is -5.66. The first-order valence-corrected chi connectivity index (χ1v) is 11.0. The van der Waals surface area contributed by atoms with Gasteiger partial charge in [-0.25, -0.2) is 8.42 Å². The second-order valence-corrected chi connectivity index (χ2v) is 9.21. The van der Waals surface area contributed by atoms with Gasteiger partial charge in [-0.1, -0.05) is 17.7 Å². The molecular formula is C19H22F4O4S2. The number of benzene rings is 2. The summed E-state index contributed by atoms with van der Waals surface area (Å²) in [7, 11) is -6.13. The van der Waals surface area contributed by atoms with Crippen LogP contribution in [-0.4, -0.2) is 25.3 Å². The third-order valence-electron chi connectivity index (χ3n) is 4.31. The summed E-state index contributed by atoms with van der Waals surface area (Å²) in [6, 6.07) is 10.1. The van der Waals surface area contributed by atoms with Crippen molar-refractivity contribution in [1.29, 1.82) is 0 Å². The van der Waals surface area contributed by atoms with Crippen LogP contribution in [0.2, 0.25) is 0 Å². The molecular weight excluding hydrogens is 432 g/mol. The number of rotatable bonds is 4. The maximum absolute atomic E-state index is 13.7. The van der Waals surface area contributed by atoms with Crippen LogP contribution in [0.1, 0.15) is 27.8 Å². The predicted molar refractivity (Wildman–Crippen MR) is 103 cm³/mol. The molecule has 162 valence electrons. The fraction of sp³-hybridized carbons (Fsp3) is 0.368. The summed E-state index contributed by atoms with van der Waals surface area (Å²) < 4.78 is 75.4. The van der Waals surface area contributed by atoms with Gasteiger partial charge < -0.3 is 4.55 Å². The van der Waals surface area contributed by atoms with Gasteiger partial charge in [0.15, 0.2) is 9.79 Å². The lowest BCUT2D eigenvalue weighted by atomic mass is 10.00. The molecule has 0 amide bonds. The topological polar surface area (TPSA) is 66.4 Å². The molecule has 0 saturated heterocycles. The van der Waals surface area contributed by atoms with E-state index in [9.17, 15) is 17.6 Å². The molecule has 2 aromatic rings. The Morgan fingerprint density at radius 1 is 0.966 bits per heavy atom. The fourth-order valence-electron chi connectivity index (χ4n) is 2.50. The average Bonchev–Trinajstić information content (AvgIpc) is 2.57. The fourth-order valence-corrected chi connectivity index (χ4v) is 4.53. The Morgan fingerprint density at radius 3 is 1.86 bits per heavy atom. The van der Waals surface area contributed by atoms with E-state index in [2.05, 4.69) is 65.0 Å². The monoisotopic (exact) mass is 454 g/mol. The molecule has 0 aliphatic carbocycles. The first-order valence-electron chi connectivity index (χ1n) is 8.30. The van der Waals surface area contributed by atoms with Crippen molar-refractivity contribution in [2.24, 2.45) is 0 Å². The normalized spacial score (nSPS) is 12.9. The standard InChI is InChI=1S/C18H22FS.CHF3O4S/c1-12-6-8-17(9-7-12)20(11-19)18-10-13(2)14(3)15(4)16(18)5;2-1(3,4)8-9(5,6)7/h6-10H,11H2,1-5H3;(H,5,6,7)/q+1;/p-1. The van der Waals surface area contributed by atoms with Crippen molar-refractivity contribution in [1.82, 2.24) is 0 Å². The van der Waals surface area contributed by atoms with Gasteiger partial charge in [0.2, 0.25) is 10.4 Å². The molecule has 10 heteroatoms. The molecule has 0 aromatic heterocycles. The van der Waals surface area contributed by atoms with Crippen LogP contribution >= 0.6 is 0 Å². The van der Waals surface area contributed by atoms with E-state index < -0.39 is 27.7 Å². The molecule has 0 saturated carbocycles. The van der Waals surface area contributed by atoms with Crippen LogP contribution in [0.3, 0.4) is 0 Å². The second-order valence-electron chi connectivity index (χ2n) is 6.32.